The second-order valence-corrected chi connectivity index (χ2v) is 3.98. The first-order chi connectivity index (χ1) is 8.65. The first kappa shape index (κ1) is 14.0. The number of nitrogens with zero attached hydrogens (tertiary/aromatic N) is 3. The van der Waals surface area contributed by atoms with E-state index in [2.05, 4.69) is 6.92 Å². The fourth-order valence-corrected chi connectivity index (χ4v) is 1.87. The highest BCUT2D eigenvalue weighted by molar-refractivity contribution is 5.69. The van der Waals surface area contributed by atoms with Gasteiger partial charge in [0.15, 0.2) is 0 Å². The molecule has 0 aromatic heterocycles. The standard InChI is InChI=1S/C13H17N3O2/c1-3-5-9-15(4-2)12-8-6-7-11(10-14)13(12)16(17)18/h6-8H,3-5,9H2,1-2H3. The Balaban J connectivity index is 3.21. The predicted octanol–water partition coefficient (Wildman–Crippen LogP) is 3.09. The molecule has 18 heavy (non-hydrogen) atoms. The maximum Gasteiger partial charge on any atom is 0.310 e. The van der Waals surface area contributed by atoms with Crippen LogP contribution in [0.4, 0.5) is 11.4 Å². The van der Waals surface area contributed by atoms with Crippen LogP contribution in [0.2, 0.25) is 0 Å². The number of para-hydroxylation sites is 1. The highest BCUT2D eigenvalue weighted by atomic mass is 16.6. The van der Waals surface area contributed by atoms with Crippen molar-refractivity contribution in [2.45, 2.75) is 26.7 Å². The molecule has 0 unspecified atom stereocenters. The Bertz CT molecular complexity index is 466. The van der Waals surface area contributed by atoms with Crippen LogP contribution in [-0.2, 0) is 0 Å². The van der Waals surface area contributed by atoms with Crippen LogP contribution in [0.15, 0.2) is 18.2 Å². The van der Waals surface area contributed by atoms with E-state index in [1.807, 2.05) is 17.9 Å². The quantitative estimate of drug-likeness (QED) is 0.572. The van der Waals surface area contributed by atoms with Gasteiger partial charge in [-0.25, -0.2) is 0 Å². The molecule has 1 aromatic rings. The van der Waals surface area contributed by atoms with Crippen molar-refractivity contribution in [1.29, 1.82) is 5.26 Å². The molecule has 0 bridgehead atoms. The van der Waals surface area contributed by atoms with Gasteiger partial charge in [-0.3, -0.25) is 10.1 Å². The van der Waals surface area contributed by atoms with Gasteiger partial charge in [0.05, 0.1) is 4.92 Å². The van der Waals surface area contributed by atoms with E-state index in [1.54, 1.807) is 12.1 Å². The molecular weight excluding hydrogens is 230 g/mol. The summed E-state index contributed by atoms with van der Waals surface area (Å²) in [6.45, 7) is 5.49. The van der Waals surface area contributed by atoms with Gasteiger partial charge in [-0.2, -0.15) is 5.26 Å². The summed E-state index contributed by atoms with van der Waals surface area (Å²) in [7, 11) is 0. The van der Waals surface area contributed by atoms with Crippen molar-refractivity contribution >= 4 is 11.4 Å². The molecule has 0 saturated carbocycles. The summed E-state index contributed by atoms with van der Waals surface area (Å²) >= 11 is 0. The number of nitriles is 1. The monoisotopic (exact) mass is 247 g/mol. The lowest BCUT2D eigenvalue weighted by molar-refractivity contribution is -0.384. The maximum absolute atomic E-state index is 11.1. The summed E-state index contributed by atoms with van der Waals surface area (Å²) in [5.41, 5.74) is 0.570. The van der Waals surface area contributed by atoms with Crippen LogP contribution >= 0.6 is 0 Å². The minimum absolute atomic E-state index is 0.0852. The van der Waals surface area contributed by atoms with Crippen LogP contribution in [0.3, 0.4) is 0 Å². The van der Waals surface area contributed by atoms with Crippen molar-refractivity contribution in [2.75, 3.05) is 18.0 Å². The maximum atomic E-state index is 11.1. The zero-order chi connectivity index (χ0) is 13.5. The average molecular weight is 247 g/mol. The molecule has 0 atom stereocenters. The third-order valence-corrected chi connectivity index (χ3v) is 2.82. The Kier molecular flexibility index (Phi) is 5.12. The molecule has 0 heterocycles. The summed E-state index contributed by atoms with van der Waals surface area (Å²) in [4.78, 5) is 12.6. The normalized spacial score (nSPS) is 9.83. The van der Waals surface area contributed by atoms with Gasteiger partial charge in [-0.1, -0.05) is 19.4 Å². The molecule has 96 valence electrons. The SMILES string of the molecule is CCCCN(CC)c1cccc(C#N)c1[N+](=O)[O-]. The number of anilines is 1. The Morgan fingerprint density at radius 2 is 2.17 bits per heavy atom. The number of benzene rings is 1. The highest BCUT2D eigenvalue weighted by Gasteiger charge is 2.22. The van der Waals surface area contributed by atoms with Crippen LogP contribution in [0.25, 0.3) is 0 Å². The smallest absolute Gasteiger partial charge is 0.310 e. The molecule has 0 radical (unpaired) electrons. The molecule has 0 spiro atoms. The summed E-state index contributed by atoms with van der Waals surface area (Å²) < 4.78 is 0. The second kappa shape index (κ2) is 6.60. The topological polar surface area (TPSA) is 70.2 Å². The third-order valence-electron chi connectivity index (χ3n) is 2.82. The molecule has 5 nitrogen and oxygen atoms in total. The molecule has 0 aliphatic carbocycles. The Morgan fingerprint density at radius 3 is 2.67 bits per heavy atom. The van der Waals surface area contributed by atoms with Gasteiger partial charge in [0, 0.05) is 13.1 Å². The van der Waals surface area contributed by atoms with E-state index >= 15 is 0 Å². The van der Waals surface area contributed by atoms with E-state index in [0.717, 1.165) is 19.4 Å². The van der Waals surface area contributed by atoms with Crippen LogP contribution in [0.1, 0.15) is 32.3 Å². The molecule has 5 heteroatoms. The molecule has 0 amide bonds. The van der Waals surface area contributed by atoms with Crippen LogP contribution in [0, 0.1) is 21.4 Å². The predicted molar refractivity (Wildman–Crippen MR) is 70.6 cm³/mol. The van der Waals surface area contributed by atoms with Crippen molar-refractivity contribution in [3.05, 3.63) is 33.9 Å². The third kappa shape index (κ3) is 2.98. The van der Waals surface area contributed by atoms with Crippen LogP contribution < -0.4 is 4.90 Å². The van der Waals surface area contributed by atoms with Crippen molar-refractivity contribution in [2.24, 2.45) is 0 Å². The number of unbranched alkanes of at least 4 members (excludes halogenated alkanes) is 1. The van der Waals surface area contributed by atoms with E-state index < -0.39 is 4.92 Å². The molecule has 0 aliphatic heterocycles. The van der Waals surface area contributed by atoms with E-state index in [9.17, 15) is 10.1 Å². The average Bonchev–Trinajstić information content (AvgIpc) is 2.38. The van der Waals surface area contributed by atoms with Crippen molar-refractivity contribution < 1.29 is 4.92 Å². The summed E-state index contributed by atoms with van der Waals surface area (Å²) in [5.74, 6) is 0. The molecule has 1 aromatic carbocycles. The molecule has 0 fully saturated rings. The fraction of sp³-hybridized carbons (Fsp3) is 0.462. The van der Waals surface area contributed by atoms with E-state index in [0.29, 0.717) is 12.2 Å². The lowest BCUT2D eigenvalue weighted by Crippen LogP contribution is -2.24. The molecular formula is C13H17N3O2. The van der Waals surface area contributed by atoms with E-state index in [4.69, 9.17) is 5.26 Å². The minimum atomic E-state index is -0.470. The molecule has 0 saturated heterocycles. The Morgan fingerprint density at radius 1 is 1.44 bits per heavy atom. The number of hydrogen-bond donors (Lipinski definition) is 0. The zero-order valence-corrected chi connectivity index (χ0v) is 10.7. The van der Waals surface area contributed by atoms with Gasteiger partial charge in [0.25, 0.3) is 0 Å². The van der Waals surface area contributed by atoms with Crippen molar-refractivity contribution in [3.8, 4) is 6.07 Å². The number of hydrogen-bond acceptors (Lipinski definition) is 4. The lowest BCUT2D eigenvalue weighted by atomic mass is 10.1. The Hall–Kier alpha value is -2.09. The van der Waals surface area contributed by atoms with Gasteiger partial charge in [0.2, 0.25) is 0 Å². The Labute approximate surface area is 107 Å². The van der Waals surface area contributed by atoms with Crippen molar-refractivity contribution in [1.82, 2.24) is 0 Å². The van der Waals surface area contributed by atoms with Gasteiger partial charge in [0.1, 0.15) is 17.3 Å². The number of nitro groups is 1. The fourth-order valence-electron chi connectivity index (χ4n) is 1.87. The number of nitro benzene ring substituents is 1. The molecule has 0 aliphatic rings. The summed E-state index contributed by atoms with van der Waals surface area (Å²) in [6.07, 6.45) is 2.00. The molecule has 0 N–H and O–H groups in total. The first-order valence-electron chi connectivity index (χ1n) is 6.08. The summed E-state index contributed by atoms with van der Waals surface area (Å²) in [6, 6.07) is 6.76. The second-order valence-electron chi connectivity index (χ2n) is 3.98. The van der Waals surface area contributed by atoms with Crippen molar-refractivity contribution in [3.63, 3.8) is 0 Å². The largest absolute Gasteiger partial charge is 0.366 e. The van der Waals surface area contributed by atoms with Crippen LogP contribution in [0.5, 0.6) is 0 Å². The van der Waals surface area contributed by atoms with E-state index in [1.165, 1.54) is 6.07 Å². The van der Waals surface area contributed by atoms with Gasteiger partial charge >= 0.3 is 5.69 Å². The molecule has 1 rings (SSSR count). The zero-order valence-electron chi connectivity index (χ0n) is 10.7. The minimum Gasteiger partial charge on any atom is -0.366 e. The van der Waals surface area contributed by atoms with Gasteiger partial charge in [-0.15, -0.1) is 0 Å². The summed E-state index contributed by atoms with van der Waals surface area (Å²) in [5, 5.41) is 20.1. The van der Waals surface area contributed by atoms with Crippen LogP contribution in [-0.4, -0.2) is 18.0 Å². The lowest BCUT2D eigenvalue weighted by Gasteiger charge is -2.22. The van der Waals surface area contributed by atoms with Gasteiger partial charge in [-0.05, 0) is 25.5 Å². The van der Waals surface area contributed by atoms with E-state index in [-0.39, 0.29) is 11.3 Å². The number of rotatable bonds is 6. The van der Waals surface area contributed by atoms with Gasteiger partial charge < -0.3 is 4.90 Å². The first-order valence-corrected chi connectivity index (χ1v) is 6.08. The highest BCUT2D eigenvalue weighted by Crippen LogP contribution is 2.31.